The molecule has 1 aromatic rings. The highest BCUT2D eigenvalue weighted by molar-refractivity contribution is 5.74. The zero-order chi connectivity index (χ0) is 17.0. The molecule has 0 saturated carbocycles. The SMILES string of the molecule is Cc1cccnc1CNC(=O)N1CCC(C(O)C(F)(F)F)CC1. The summed E-state index contributed by atoms with van der Waals surface area (Å²) in [6, 6.07) is 3.37. The maximum atomic E-state index is 12.5. The van der Waals surface area contributed by atoms with E-state index in [1.807, 2.05) is 13.0 Å². The van der Waals surface area contributed by atoms with Gasteiger partial charge < -0.3 is 15.3 Å². The fourth-order valence-electron chi connectivity index (χ4n) is 2.66. The van der Waals surface area contributed by atoms with Crippen LogP contribution in [0.4, 0.5) is 18.0 Å². The number of rotatable bonds is 3. The van der Waals surface area contributed by atoms with Crippen molar-refractivity contribution in [2.45, 2.75) is 38.6 Å². The van der Waals surface area contributed by atoms with E-state index in [1.165, 1.54) is 4.90 Å². The molecule has 0 aromatic carbocycles. The van der Waals surface area contributed by atoms with Crippen LogP contribution >= 0.6 is 0 Å². The summed E-state index contributed by atoms with van der Waals surface area (Å²) < 4.78 is 37.5. The number of aromatic nitrogens is 1. The molecular weight excluding hydrogens is 311 g/mol. The van der Waals surface area contributed by atoms with E-state index in [-0.39, 0.29) is 38.5 Å². The van der Waals surface area contributed by atoms with Gasteiger partial charge in [-0.15, -0.1) is 0 Å². The average Bonchev–Trinajstić information content (AvgIpc) is 2.52. The van der Waals surface area contributed by atoms with Crippen LogP contribution in [0, 0.1) is 12.8 Å². The van der Waals surface area contributed by atoms with Crippen molar-refractivity contribution < 1.29 is 23.1 Å². The molecule has 2 rings (SSSR count). The second kappa shape index (κ2) is 7.16. The molecule has 1 atom stereocenters. The Labute approximate surface area is 132 Å². The molecule has 1 saturated heterocycles. The van der Waals surface area contributed by atoms with Gasteiger partial charge in [-0.05, 0) is 37.3 Å². The van der Waals surface area contributed by atoms with Crippen LogP contribution in [-0.2, 0) is 6.54 Å². The molecule has 2 amide bonds. The number of alkyl halides is 3. The number of pyridine rings is 1. The molecule has 23 heavy (non-hydrogen) atoms. The number of aliphatic hydroxyl groups excluding tert-OH is 1. The normalized spacial score (nSPS) is 17.9. The van der Waals surface area contributed by atoms with Crippen LogP contribution in [0.5, 0.6) is 0 Å². The number of hydrogen-bond acceptors (Lipinski definition) is 3. The first kappa shape index (κ1) is 17.5. The summed E-state index contributed by atoms with van der Waals surface area (Å²) in [5.41, 5.74) is 1.71. The number of halogens is 3. The van der Waals surface area contributed by atoms with Crippen molar-refractivity contribution in [1.82, 2.24) is 15.2 Å². The number of nitrogens with zero attached hydrogens (tertiary/aromatic N) is 2. The summed E-state index contributed by atoms with van der Waals surface area (Å²) in [5.74, 6) is -0.850. The van der Waals surface area contributed by atoms with E-state index in [2.05, 4.69) is 10.3 Å². The highest BCUT2D eigenvalue weighted by atomic mass is 19.4. The van der Waals surface area contributed by atoms with E-state index in [0.29, 0.717) is 0 Å². The minimum absolute atomic E-state index is 0.136. The molecule has 8 heteroatoms. The summed E-state index contributed by atoms with van der Waals surface area (Å²) in [4.78, 5) is 17.7. The van der Waals surface area contributed by atoms with Crippen molar-refractivity contribution in [3.05, 3.63) is 29.6 Å². The number of carbonyl (C=O) groups excluding carboxylic acids is 1. The van der Waals surface area contributed by atoms with Gasteiger partial charge in [0.15, 0.2) is 6.10 Å². The molecule has 0 spiro atoms. The van der Waals surface area contributed by atoms with Crippen molar-refractivity contribution in [3.8, 4) is 0 Å². The minimum atomic E-state index is -4.61. The summed E-state index contributed by atoms with van der Waals surface area (Å²) in [6.45, 7) is 2.56. The van der Waals surface area contributed by atoms with Gasteiger partial charge in [-0.25, -0.2) is 4.79 Å². The number of hydrogen-bond donors (Lipinski definition) is 2. The van der Waals surface area contributed by atoms with Crippen LogP contribution in [-0.4, -0.2) is 46.4 Å². The number of urea groups is 1. The molecule has 1 aliphatic rings. The quantitative estimate of drug-likeness (QED) is 0.893. The van der Waals surface area contributed by atoms with E-state index in [0.717, 1.165) is 11.3 Å². The average molecular weight is 331 g/mol. The van der Waals surface area contributed by atoms with Crippen LogP contribution in [0.15, 0.2) is 18.3 Å². The predicted octanol–water partition coefficient (Wildman–Crippen LogP) is 2.23. The van der Waals surface area contributed by atoms with E-state index in [1.54, 1.807) is 12.3 Å². The molecule has 2 N–H and O–H groups in total. The van der Waals surface area contributed by atoms with Gasteiger partial charge in [0.1, 0.15) is 0 Å². The number of piperidine rings is 1. The number of likely N-dealkylation sites (tertiary alicyclic amines) is 1. The monoisotopic (exact) mass is 331 g/mol. The lowest BCUT2D eigenvalue weighted by Gasteiger charge is -2.34. The van der Waals surface area contributed by atoms with Gasteiger partial charge in [-0.3, -0.25) is 4.98 Å². The van der Waals surface area contributed by atoms with Crippen LogP contribution in [0.1, 0.15) is 24.1 Å². The zero-order valence-corrected chi connectivity index (χ0v) is 12.8. The number of amides is 2. The molecule has 1 aromatic heterocycles. The van der Waals surface area contributed by atoms with Crippen molar-refractivity contribution in [2.75, 3.05) is 13.1 Å². The Morgan fingerprint density at radius 1 is 1.48 bits per heavy atom. The molecule has 0 radical (unpaired) electrons. The first-order valence-corrected chi connectivity index (χ1v) is 7.47. The number of aryl methyl sites for hydroxylation is 1. The number of carbonyl (C=O) groups is 1. The molecule has 1 aliphatic heterocycles. The lowest BCUT2D eigenvalue weighted by molar-refractivity contribution is -0.222. The van der Waals surface area contributed by atoms with Gasteiger partial charge in [0.05, 0.1) is 12.2 Å². The molecule has 1 unspecified atom stereocenters. The first-order valence-electron chi connectivity index (χ1n) is 7.47. The van der Waals surface area contributed by atoms with Gasteiger partial charge in [0.2, 0.25) is 0 Å². The summed E-state index contributed by atoms with van der Waals surface area (Å²) >= 11 is 0. The second-order valence-electron chi connectivity index (χ2n) is 5.74. The van der Waals surface area contributed by atoms with Crippen molar-refractivity contribution in [2.24, 2.45) is 5.92 Å². The highest BCUT2D eigenvalue weighted by Crippen LogP contribution is 2.31. The molecule has 0 bridgehead atoms. The fraction of sp³-hybridized carbons (Fsp3) is 0.600. The van der Waals surface area contributed by atoms with Crippen molar-refractivity contribution >= 4 is 6.03 Å². The van der Waals surface area contributed by atoms with E-state index in [4.69, 9.17) is 0 Å². The summed E-state index contributed by atoms with van der Waals surface area (Å²) in [7, 11) is 0. The Morgan fingerprint density at radius 3 is 2.70 bits per heavy atom. The maximum Gasteiger partial charge on any atom is 0.414 e. The third-order valence-electron chi connectivity index (χ3n) is 4.13. The first-order chi connectivity index (χ1) is 10.8. The Hall–Kier alpha value is -1.83. The minimum Gasteiger partial charge on any atom is -0.383 e. The molecule has 0 aliphatic carbocycles. The lowest BCUT2D eigenvalue weighted by atomic mass is 9.91. The Kier molecular flexibility index (Phi) is 5.46. The fourth-order valence-corrected chi connectivity index (χ4v) is 2.66. The van der Waals surface area contributed by atoms with E-state index < -0.39 is 18.2 Å². The van der Waals surface area contributed by atoms with Crippen LogP contribution < -0.4 is 5.32 Å². The van der Waals surface area contributed by atoms with E-state index >= 15 is 0 Å². The zero-order valence-electron chi connectivity index (χ0n) is 12.8. The second-order valence-corrected chi connectivity index (χ2v) is 5.74. The lowest BCUT2D eigenvalue weighted by Crippen LogP contribution is -2.48. The summed E-state index contributed by atoms with van der Waals surface area (Å²) in [5, 5.41) is 12.0. The predicted molar refractivity (Wildman–Crippen MR) is 77.6 cm³/mol. The third kappa shape index (κ3) is 4.57. The molecule has 5 nitrogen and oxygen atoms in total. The largest absolute Gasteiger partial charge is 0.414 e. The van der Waals surface area contributed by atoms with Crippen molar-refractivity contribution in [1.29, 1.82) is 0 Å². The standard InChI is InChI=1S/C15H20F3N3O2/c1-10-3-2-6-19-12(10)9-20-14(23)21-7-4-11(5-8-21)13(22)15(16,17)18/h2-3,6,11,13,22H,4-5,7-9H2,1H3,(H,20,23). The number of aliphatic hydroxyl groups is 1. The van der Waals surface area contributed by atoms with Crippen LogP contribution in [0.2, 0.25) is 0 Å². The van der Waals surface area contributed by atoms with Gasteiger partial charge in [0, 0.05) is 19.3 Å². The van der Waals surface area contributed by atoms with Gasteiger partial charge in [0.25, 0.3) is 0 Å². The van der Waals surface area contributed by atoms with Crippen LogP contribution in [0.3, 0.4) is 0 Å². The van der Waals surface area contributed by atoms with Gasteiger partial charge >= 0.3 is 12.2 Å². The Morgan fingerprint density at radius 2 is 2.13 bits per heavy atom. The van der Waals surface area contributed by atoms with Crippen molar-refractivity contribution in [3.63, 3.8) is 0 Å². The van der Waals surface area contributed by atoms with E-state index in [9.17, 15) is 23.1 Å². The highest BCUT2D eigenvalue weighted by Gasteiger charge is 2.44. The Bertz CT molecular complexity index is 543. The molecule has 2 heterocycles. The summed E-state index contributed by atoms with van der Waals surface area (Å²) in [6.07, 6.45) is -5.01. The molecular formula is C15H20F3N3O2. The van der Waals surface area contributed by atoms with Crippen LogP contribution in [0.25, 0.3) is 0 Å². The molecule has 1 fully saturated rings. The topological polar surface area (TPSA) is 65.5 Å². The third-order valence-corrected chi connectivity index (χ3v) is 4.13. The number of nitrogens with one attached hydrogen (secondary N) is 1. The van der Waals surface area contributed by atoms with Gasteiger partial charge in [-0.2, -0.15) is 13.2 Å². The Balaban J connectivity index is 1.81. The molecule has 128 valence electrons. The maximum absolute atomic E-state index is 12.5. The smallest absolute Gasteiger partial charge is 0.383 e. The van der Waals surface area contributed by atoms with Gasteiger partial charge in [-0.1, -0.05) is 6.07 Å².